The van der Waals surface area contributed by atoms with E-state index in [1.807, 2.05) is 6.08 Å². The van der Waals surface area contributed by atoms with E-state index in [0.717, 1.165) is 12.1 Å². The smallest absolute Gasteiger partial charge is 0.149 e. The molecule has 96 valence electrons. The molecule has 0 saturated heterocycles. The normalized spacial score (nSPS) is 17.6. The maximum Gasteiger partial charge on any atom is 0.149 e. The van der Waals surface area contributed by atoms with E-state index in [0.29, 0.717) is 0 Å². The Morgan fingerprint density at radius 3 is 2.06 bits per heavy atom. The third-order valence-electron chi connectivity index (χ3n) is 2.99. The van der Waals surface area contributed by atoms with Crippen molar-refractivity contribution >= 4 is 29.5 Å². The fourth-order valence-corrected chi connectivity index (χ4v) is 5.05. The monoisotopic (exact) mass is 282 g/mol. The Balaban J connectivity index is 4.76. The predicted octanol–water partition coefficient (Wildman–Crippen LogP) is 3.24. The summed E-state index contributed by atoms with van der Waals surface area (Å²) in [6.45, 7) is 8.41. The van der Waals surface area contributed by atoms with Gasteiger partial charge in [-0.15, -0.1) is 11.6 Å². The summed E-state index contributed by atoms with van der Waals surface area (Å²) in [6, 6.07) is 2.32. The van der Waals surface area contributed by atoms with Crippen molar-refractivity contribution < 1.29 is 8.42 Å². The minimum absolute atomic E-state index is 0.00400. The number of halogens is 1. The first-order chi connectivity index (χ1) is 7.04. The maximum absolute atomic E-state index is 11.2. The molecule has 0 rings (SSSR count). The zero-order valence-corrected chi connectivity index (χ0v) is 13.5. The van der Waals surface area contributed by atoms with Crippen LogP contribution in [0.1, 0.15) is 20.8 Å². The molecule has 1 unspecified atom stereocenters. The largest absolute Gasteiger partial charge is 0.229 e. The van der Waals surface area contributed by atoms with Gasteiger partial charge < -0.3 is 0 Å². The third-order valence-corrected chi connectivity index (χ3v) is 8.74. The Labute approximate surface area is 106 Å². The van der Waals surface area contributed by atoms with E-state index >= 15 is 0 Å². The third kappa shape index (κ3) is 6.71. The zero-order chi connectivity index (χ0) is 13.0. The molecular weight excluding hydrogens is 260 g/mol. The summed E-state index contributed by atoms with van der Waals surface area (Å²) in [4.78, 5) is -0.772. The van der Waals surface area contributed by atoms with Gasteiger partial charge >= 0.3 is 0 Å². The van der Waals surface area contributed by atoms with Crippen molar-refractivity contribution in [1.82, 2.24) is 0 Å². The van der Waals surface area contributed by atoms with Gasteiger partial charge in [0.2, 0.25) is 0 Å². The van der Waals surface area contributed by atoms with Gasteiger partial charge in [-0.25, -0.2) is 8.42 Å². The van der Waals surface area contributed by atoms with Gasteiger partial charge in [-0.2, -0.15) is 0 Å². The van der Waals surface area contributed by atoms with Crippen molar-refractivity contribution in [1.29, 1.82) is 0 Å². The van der Waals surface area contributed by atoms with Crippen LogP contribution in [0.2, 0.25) is 18.6 Å². The van der Waals surface area contributed by atoms with Crippen LogP contribution in [0.15, 0.2) is 11.8 Å². The summed E-state index contributed by atoms with van der Waals surface area (Å²) in [6.07, 6.45) is 3.10. The lowest BCUT2D eigenvalue weighted by Crippen LogP contribution is -2.29. The van der Waals surface area contributed by atoms with Crippen molar-refractivity contribution in [2.75, 3.05) is 12.0 Å². The summed E-state index contributed by atoms with van der Waals surface area (Å²) < 4.78 is 22.4. The van der Waals surface area contributed by atoms with Gasteiger partial charge in [0.1, 0.15) is 9.84 Å². The molecule has 0 bridgehead atoms. The molecule has 0 saturated carbocycles. The molecule has 0 aromatic heterocycles. The van der Waals surface area contributed by atoms with E-state index in [9.17, 15) is 8.42 Å². The Kier molecular flexibility index (Phi) is 5.76. The van der Waals surface area contributed by atoms with Crippen LogP contribution in [0.25, 0.3) is 0 Å². The highest BCUT2D eigenvalue weighted by atomic mass is 35.5. The van der Waals surface area contributed by atoms with Gasteiger partial charge in [0.15, 0.2) is 0 Å². The van der Waals surface area contributed by atoms with Gasteiger partial charge in [0.05, 0.1) is 18.7 Å². The Bertz CT molecular complexity index is 343. The van der Waals surface area contributed by atoms with Crippen LogP contribution < -0.4 is 0 Å². The van der Waals surface area contributed by atoms with E-state index in [-0.39, 0.29) is 5.75 Å². The van der Waals surface area contributed by atoms with Crippen LogP contribution in [0, 0.1) is 0 Å². The molecule has 2 nitrogen and oxygen atoms in total. The van der Waals surface area contributed by atoms with Crippen molar-refractivity contribution in [3.8, 4) is 0 Å². The molecule has 0 radical (unpaired) electrons. The summed E-state index contributed by atoms with van der Waals surface area (Å²) in [7, 11) is -4.37. The number of alkyl halides is 1. The summed E-state index contributed by atoms with van der Waals surface area (Å²) in [5, 5.41) is 0. The maximum atomic E-state index is 11.2. The number of rotatable bonds is 6. The minimum Gasteiger partial charge on any atom is -0.229 e. The first-order valence-corrected chi connectivity index (χ1v) is 11.0. The van der Waals surface area contributed by atoms with E-state index in [4.69, 9.17) is 11.6 Å². The van der Waals surface area contributed by atoms with Crippen LogP contribution in [0.4, 0.5) is 0 Å². The molecule has 0 aliphatic carbocycles. The second-order valence-electron chi connectivity index (χ2n) is 5.04. The zero-order valence-electron chi connectivity index (χ0n) is 10.9. The van der Waals surface area contributed by atoms with Crippen molar-refractivity contribution in [2.45, 2.75) is 44.3 Å². The summed E-state index contributed by atoms with van der Waals surface area (Å²) >= 11 is 6.20. The molecule has 0 fully saturated rings. The molecule has 0 amide bonds. The van der Waals surface area contributed by atoms with Gasteiger partial charge in [-0.1, -0.05) is 44.3 Å². The lowest BCUT2D eigenvalue weighted by atomic mass is 10.2. The van der Waals surface area contributed by atoms with Gasteiger partial charge in [-0.05, 0) is 6.92 Å². The van der Waals surface area contributed by atoms with Crippen molar-refractivity contribution in [3.05, 3.63) is 11.8 Å². The number of allylic oxidation sites excluding steroid dienone is 1. The molecule has 0 aromatic carbocycles. The van der Waals surface area contributed by atoms with E-state index in [2.05, 4.69) is 26.1 Å². The first-order valence-electron chi connectivity index (χ1n) is 5.60. The Morgan fingerprint density at radius 1 is 1.31 bits per heavy atom. The van der Waals surface area contributed by atoms with E-state index in [1.165, 1.54) is 6.26 Å². The SMILES string of the molecule is CC[Si](C)(/C=C/C(C)(Cl)CS(C)(=O)=O)CC. The molecular formula is C11H23ClO2SSi. The molecule has 16 heavy (non-hydrogen) atoms. The van der Waals surface area contributed by atoms with E-state index < -0.39 is 22.8 Å². The first kappa shape index (κ1) is 16.2. The van der Waals surface area contributed by atoms with Gasteiger partial charge in [0, 0.05) is 6.26 Å². The van der Waals surface area contributed by atoms with Crippen LogP contribution in [0.5, 0.6) is 0 Å². The summed E-state index contributed by atoms with van der Waals surface area (Å²) in [5.74, 6) is -0.00400. The highest BCUT2D eigenvalue weighted by Gasteiger charge is 2.25. The molecule has 0 heterocycles. The van der Waals surface area contributed by atoms with Crippen molar-refractivity contribution in [3.63, 3.8) is 0 Å². The minimum atomic E-state index is -3.03. The Morgan fingerprint density at radius 2 is 1.75 bits per heavy atom. The molecule has 0 aliphatic rings. The molecule has 5 heteroatoms. The van der Waals surface area contributed by atoms with Crippen LogP contribution in [-0.2, 0) is 9.84 Å². The highest BCUT2D eigenvalue weighted by molar-refractivity contribution is 7.90. The fourth-order valence-electron chi connectivity index (χ4n) is 1.42. The Hall–Kier alpha value is 0.197. The lowest BCUT2D eigenvalue weighted by molar-refractivity contribution is 0.597. The molecule has 0 aliphatic heterocycles. The number of hydrogen-bond donors (Lipinski definition) is 0. The lowest BCUT2D eigenvalue weighted by Gasteiger charge is -2.22. The second kappa shape index (κ2) is 5.69. The quantitative estimate of drug-likeness (QED) is 0.554. The average Bonchev–Trinajstić information content (AvgIpc) is 2.11. The molecule has 0 spiro atoms. The summed E-state index contributed by atoms with van der Waals surface area (Å²) in [5.41, 5.74) is 2.19. The molecule has 0 aromatic rings. The van der Waals surface area contributed by atoms with Gasteiger partial charge in [-0.3, -0.25) is 0 Å². The fraction of sp³-hybridized carbons (Fsp3) is 0.818. The number of hydrogen-bond acceptors (Lipinski definition) is 2. The highest BCUT2D eigenvalue weighted by Crippen LogP contribution is 2.23. The van der Waals surface area contributed by atoms with E-state index in [1.54, 1.807) is 6.92 Å². The van der Waals surface area contributed by atoms with Crippen LogP contribution in [0.3, 0.4) is 0 Å². The van der Waals surface area contributed by atoms with Crippen LogP contribution in [-0.4, -0.2) is 33.4 Å². The second-order valence-corrected chi connectivity index (χ2v) is 13.1. The van der Waals surface area contributed by atoms with Crippen LogP contribution >= 0.6 is 11.6 Å². The molecule has 1 atom stereocenters. The number of sulfone groups is 1. The van der Waals surface area contributed by atoms with Crippen molar-refractivity contribution in [2.24, 2.45) is 0 Å². The predicted molar refractivity (Wildman–Crippen MR) is 75.7 cm³/mol. The molecule has 0 N–H and O–H groups in total. The standard InChI is InChI=1S/C11H23ClO2SSi/c1-6-16(5,7-2)9-8-11(3,12)10-15(4,13)14/h8-9H,6-7,10H2,1-5H3/b9-8+. The average molecular weight is 283 g/mol. The van der Waals surface area contributed by atoms with Gasteiger partial charge in [0.25, 0.3) is 0 Å². The topological polar surface area (TPSA) is 34.1 Å².